The van der Waals surface area contributed by atoms with E-state index in [1.807, 2.05) is 0 Å². The van der Waals surface area contributed by atoms with E-state index in [0.717, 1.165) is 12.1 Å². The van der Waals surface area contributed by atoms with Crippen molar-refractivity contribution in [1.82, 2.24) is 5.32 Å². The highest BCUT2D eigenvalue weighted by Crippen LogP contribution is 2.25. The molecule has 0 radical (unpaired) electrons. The predicted molar refractivity (Wildman–Crippen MR) is 58.3 cm³/mol. The van der Waals surface area contributed by atoms with E-state index in [-0.39, 0.29) is 11.3 Å². The van der Waals surface area contributed by atoms with Gasteiger partial charge in [-0.05, 0) is 13.1 Å². The molecule has 0 spiro atoms. The molecular formula is C10H10FN3O2. The van der Waals surface area contributed by atoms with Gasteiger partial charge in [0, 0.05) is 0 Å². The van der Waals surface area contributed by atoms with Crippen molar-refractivity contribution in [3.05, 3.63) is 33.6 Å². The summed E-state index contributed by atoms with van der Waals surface area (Å²) in [4.78, 5) is 9.82. The van der Waals surface area contributed by atoms with Crippen LogP contribution in [0.4, 0.5) is 15.8 Å². The Morgan fingerprint density at radius 3 is 2.88 bits per heavy atom. The maximum Gasteiger partial charge on any atom is 0.296 e. The molecule has 6 heteroatoms. The fourth-order valence-electron chi connectivity index (χ4n) is 1.09. The van der Waals surface area contributed by atoms with Gasteiger partial charge in [-0.25, -0.2) is 4.39 Å². The highest BCUT2D eigenvalue weighted by atomic mass is 19.1. The molecule has 0 fully saturated rings. The van der Waals surface area contributed by atoms with Crippen LogP contribution >= 0.6 is 0 Å². The Morgan fingerprint density at radius 2 is 2.31 bits per heavy atom. The number of hydrogen-bond acceptors (Lipinski definition) is 4. The standard InChI is InChI=1S/C10H10FN3O2/c1-13-4-2-3-7-5-8(11)6-9(10(7)12)14(15)16/h5-6,13H,4,12H2,1H3. The van der Waals surface area contributed by atoms with Crippen molar-refractivity contribution < 1.29 is 9.31 Å². The third kappa shape index (κ3) is 2.68. The molecule has 0 aliphatic rings. The number of anilines is 1. The summed E-state index contributed by atoms with van der Waals surface area (Å²) in [7, 11) is 1.70. The lowest BCUT2D eigenvalue weighted by molar-refractivity contribution is -0.384. The Balaban J connectivity index is 3.21. The number of benzene rings is 1. The van der Waals surface area contributed by atoms with Crippen molar-refractivity contribution >= 4 is 11.4 Å². The molecule has 3 N–H and O–H groups in total. The highest BCUT2D eigenvalue weighted by molar-refractivity contribution is 5.68. The second-order valence-electron chi connectivity index (χ2n) is 2.98. The number of rotatable bonds is 2. The zero-order valence-corrected chi connectivity index (χ0v) is 8.58. The van der Waals surface area contributed by atoms with E-state index in [1.54, 1.807) is 7.05 Å². The van der Waals surface area contributed by atoms with E-state index in [0.29, 0.717) is 6.54 Å². The first kappa shape index (κ1) is 11.9. The van der Waals surface area contributed by atoms with E-state index >= 15 is 0 Å². The minimum Gasteiger partial charge on any atom is -0.392 e. The molecule has 5 nitrogen and oxygen atoms in total. The predicted octanol–water partition coefficient (Wildman–Crippen LogP) is 0.887. The smallest absolute Gasteiger partial charge is 0.296 e. The Hall–Kier alpha value is -2.13. The summed E-state index contributed by atoms with van der Waals surface area (Å²) in [6.45, 7) is 0.393. The highest BCUT2D eigenvalue weighted by Gasteiger charge is 2.16. The van der Waals surface area contributed by atoms with Crippen LogP contribution in [0.3, 0.4) is 0 Å². The number of nitro benzene ring substituents is 1. The first-order valence-electron chi connectivity index (χ1n) is 4.43. The molecule has 84 valence electrons. The molecule has 0 aliphatic heterocycles. The van der Waals surface area contributed by atoms with Gasteiger partial charge < -0.3 is 11.1 Å². The molecule has 0 heterocycles. The monoisotopic (exact) mass is 223 g/mol. The Bertz CT molecular complexity index is 477. The third-order valence-electron chi connectivity index (χ3n) is 1.81. The van der Waals surface area contributed by atoms with Crippen LogP contribution in [0.1, 0.15) is 5.56 Å². The summed E-state index contributed by atoms with van der Waals surface area (Å²) in [5, 5.41) is 13.3. The Kier molecular flexibility index (Phi) is 3.80. The summed E-state index contributed by atoms with van der Waals surface area (Å²) in [5.74, 6) is 4.50. The van der Waals surface area contributed by atoms with E-state index in [2.05, 4.69) is 17.2 Å². The molecule has 0 bridgehead atoms. The van der Waals surface area contributed by atoms with Crippen LogP contribution in [0.15, 0.2) is 12.1 Å². The zero-order valence-electron chi connectivity index (χ0n) is 8.58. The van der Waals surface area contributed by atoms with Crippen LogP contribution in [0.2, 0.25) is 0 Å². The van der Waals surface area contributed by atoms with Gasteiger partial charge in [0.25, 0.3) is 5.69 Å². The van der Waals surface area contributed by atoms with Crippen LogP contribution in [-0.2, 0) is 0 Å². The van der Waals surface area contributed by atoms with Crippen LogP contribution in [0.5, 0.6) is 0 Å². The van der Waals surface area contributed by atoms with Crippen molar-refractivity contribution in [3.8, 4) is 11.8 Å². The van der Waals surface area contributed by atoms with Crippen molar-refractivity contribution in [3.63, 3.8) is 0 Å². The molecule has 1 rings (SSSR count). The first-order chi connectivity index (χ1) is 7.56. The van der Waals surface area contributed by atoms with Crippen molar-refractivity contribution in [1.29, 1.82) is 0 Å². The average Bonchev–Trinajstić information content (AvgIpc) is 2.22. The van der Waals surface area contributed by atoms with Crippen molar-refractivity contribution in [2.75, 3.05) is 19.3 Å². The lowest BCUT2D eigenvalue weighted by atomic mass is 10.1. The van der Waals surface area contributed by atoms with Gasteiger partial charge in [-0.15, -0.1) is 0 Å². The number of nitrogens with two attached hydrogens (primary N) is 1. The van der Waals surface area contributed by atoms with Gasteiger partial charge >= 0.3 is 0 Å². The van der Waals surface area contributed by atoms with Crippen LogP contribution in [0, 0.1) is 27.8 Å². The van der Waals surface area contributed by atoms with E-state index in [4.69, 9.17) is 5.73 Å². The molecule has 0 aliphatic carbocycles. The summed E-state index contributed by atoms with van der Waals surface area (Å²) in [6, 6.07) is 1.85. The van der Waals surface area contributed by atoms with Crippen molar-refractivity contribution in [2.45, 2.75) is 0 Å². The average molecular weight is 223 g/mol. The SMILES string of the molecule is CNCC#Cc1cc(F)cc([N+](=O)[O-])c1N. The number of nitro groups is 1. The maximum absolute atomic E-state index is 13.0. The maximum atomic E-state index is 13.0. The molecule has 16 heavy (non-hydrogen) atoms. The fraction of sp³-hybridized carbons (Fsp3) is 0.200. The van der Waals surface area contributed by atoms with Gasteiger partial charge in [-0.3, -0.25) is 10.1 Å². The minimum absolute atomic E-state index is 0.116. The second-order valence-corrected chi connectivity index (χ2v) is 2.98. The van der Waals surface area contributed by atoms with Gasteiger partial charge in [0.2, 0.25) is 0 Å². The first-order valence-corrected chi connectivity index (χ1v) is 4.43. The fourth-order valence-corrected chi connectivity index (χ4v) is 1.09. The molecule has 1 aromatic rings. The minimum atomic E-state index is -0.734. The molecule has 1 aromatic carbocycles. The van der Waals surface area contributed by atoms with E-state index in [9.17, 15) is 14.5 Å². The quantitative estimate of drug-likeness (QED) is 0.337. The molecule has 0 unspecified atom stereocenters. The zero-order chi connectivity index (χ0) is 12.1. The molecular weight excluding hydrogens is 213 g/mol. The normalized spacial score (nSPS) is 9.38. The molecule has 0 aromatic heterocycles. The van der Waals surface area contributed by atoms with E-state index < -0.39 is 16.4 Å². The molecule has 0 saturated heterocycles. The molecule has 0 amide bonds. The van der Waals surface area contributed by atoms with Crippen LogP contribution in [-0.4, -0.2) is 18.5 Å². The lowest BCUT2D eigenvalue weighted by Crippen LogP contribution is -2.05. The van der Waals surface area contributed by atoms with E-state index in [1.165, 1.54) is 0 Å². The Morgan fingerprint density at radius 1 is 1.62 bits per heavy atom. The molecule has 0 atom stereocenters. The summed E-state index contributed by atoms with van der Waals surface area (Å²) in [5.41, 5.74) is 5.05. The van der Waals surface area contributed by atoms with Gasteiger partial charge in [-0.2, -0.15) is 0 Å². The number of nitrogens with zero attached hydrogens (tertiary/aromatic N) is 1. The molecule has 0 saturated carbocycles. The largest absolute Gasteiger partial charge is 0.392 e. The number of halogens is 1. The second kappa shape index (κ2) is 5.09. The van der Waals surface area contributed by atoms with Crippen LogP contribution < -0.4 is 11.1 Å². The van der Waals surface area contributed by atoms with Gasteiger partial charge in [0.1, 0.15) is 11.5 Å². The summed E-state index contributed by atoms with van der Waals surface area (Å²) < 4.78 is 13.0. The number of nitrogens with one attached hydrogen (secondary N) is 1. The summed E-state index contributed by atoms with van der Waals surface area (Å²) in [6.07, 6.45) is 0. The Labute approximate surface area is 91.6 Å². The number of nitrogen functional groups attached to an aromatic ring is 1. The van der Waals surface area contributed by atoms with Crippen LogP contribution in [0.25, 0.3) is 0 Å². The van der Waals surface area contributed by atoms with Gasteiger partial charge in [-0.1, -0.05) is 11.8 Å². The third-order valence-corrected chi connectivity index (χ3v) is 1.81. The summed E-state index contributed by atoms with van der Waals surface area (Å²) >= 11 is 0. The van der Waals surface area contributed by atoms with Gasteiger partial charge in [0.15, 0.2) is 0 Å². The topological polar surface area (TPSA) is 81.2 Å². The van der Waals surface area contributed by atoms with Crippen molar-refractivity contribution in [2.24, 2.45) is 0 Å². The number of hydrogen-bond donors (Lipinski definition) is 2. The lowest BCUT2D eigenvalue weighted by Gasteiger charge is -2.00. The van der Waals surface area contributed by atoms with Gasteiger partial charge in [0.05, 0.1) is 23.1 Å².